The Morgan fingerprint density at radius 2 is 2.17 bits per heavy atom. The van der Waals surface area contributed by atoms with E-state index in [0.717, 1.165) is 17.7 Å². The Balaban J connectivity index is 2.69. The van der Waals surface area contributed by atoms with Gasteiger partial charge < -0.3 is 9.64 Å². The van der Waals surface area contributed by atoms with Gasteiger partial charge in [0.15, 0.2) is 0 Å². The predicted octanol–water partition coefficient (Wildman–Crippen LogP) is 2.02. The molecule has 1 aliphatic rings. The number of amides is 1. The molecule has 0 aliphatic heterocycles. The molecule has 0 bridgehead atoms. The molecule has 70 valence electrons. The Bertz CT molecular complexity index is 253. The highest BCUT2D eigenvalue weighted by Crippen LogP contribution is 2.26. The third kappa shape index (κ3) is 2.72. The smallest absolute Gasteiger partial charge is 0.410 e. The first-order valence-corrected chi connectivity index (χ1v) is 4.13. The van der Waals surface area contributed by atoms with Crippen molar-refractivity contribution in [3.8, 4) is 0 Å². The monoisotopic (exact) mass is 174 g/mol. The van der Waals surface area contributed by atoms with Crippen molar-refractivity contribution in [1.82, 2.24) is 4.90 Å². The van der Waals surface area contributed by atoms with Crippen LogP contribution < -0.4 is 0 Å². The van der Waals surface area contributed by atoms with Crippen LogP contribution in [0.1, 0.15) is 37.7 Å². The first-order valence-electron chi connectivity index (χ1n) is 5.63. The van der Waals surface area contributed by atoms with Gasteiger partial charge >= 0.3 is 6.09 Å². The summed E-state index contributed by atoms with van der Waals surface area (Å²) in [5, 5.41) is 0. The highest BCUT2D eigenvalue weighted by molar-refractivity contribution is 5.68. The molecule has 1 aliphatic carbocycles. The Morgan fingerprint density at radius 3 is 2.50 bits per heavy atom. The minimum Gasteiger partial charge on any atom is -0.444 e. The Morgan fingerprint density at radius 1 is 1.58 bits per heavy atom. The first-order chi connectivity index (χ1) is 6.61. The lowest BCUT2D eigenvalue weighted by Crippen LogP contribution is -2.35. The van der Waals surface area contributed by atoms with Crippen LogP contribution in [0, 0.1) is 0 Å². The molecule has 3 nitrogen and oxygen atoms in total. The molecule has 1 saturated carbocycles. The third-order valence-electron chi connectivity index (χ3n) is 1.50. The van der Waals surface area contributed by atoms with Gasteiger partial charge in [0, 0.05) is 17.1 Å². The summed E-state index contributed by atoms with van der Waals surface area (Å²) in [5.74, 6) is 0. The molecule has 0 unspecified atom stereocenters. The normalized spacial score (nSPS) is 22.1. The van der Waals surface area contributed by atoms with E-state index in [9.17, 15) is 4.79 Å². The third-order valence-corrected chi connectivity index (χ3v) is 1.50. The highest BCUT2D eigenvalue weighted by Gasteiger charge is 2.32. The summed E-state index contributed by atoms with van der Waals surface area (Å²) in [7, 11) is 0. The van der Waals surface area contributed by atoms with E-state index in [4.69, 9.17) is 8.85 Å². The highest BCUT2D eigenvalue weighted by atomic mass is 16.6. The lowest BCUT2D eigenvalue weighted by molar-refractivity contribution is 0.0285. The minimum atomic E-state index is -2.40. The number of ether oxygens (including phenoxy) is 1. The van der Waals surface area contributed by atoms with E-state index >= 15 is 0 Å². The zero-order valence-corrected chi connectivity index (χ0v) is 7.76. The molecule has 3 heteroatoms. The Labute approximate surface area is 77.9 Å². The number of hydrogen-bond donors (Lipinski definition) is 0. The van der Waals surface area contributed by atoms with E-state index in [1.54, 1.807) is 20.8 Å². The van der Waals surface area contributed by atoms with Gasteiger partial charge in [0.25, 0.3) is 0 Å². The summed E-state index contributed by atoms with van der Waals surface area (Å²) in [6.45, 7) is 2.75. The van der Waals surface area contributed by atoms with E-state index in [0.29, 0.717) is 0 Å². The molecule has 0 N–H and O–H groups in total. The topological polar surface area (TPSA) is 29.5 Å². The SMILES string of the molecule is [2H]C([2H])([2H])N(C(=O)OC(C)(C)C)C1CC1. The van der Waals surface area contributed by atoms with Crippen LogP contribution in [0.5, 0.6) is 0 Å². The van der Waals surface area contributed by atoms with Gasteiger partial charge in [-0.3, -0.25) is 0 Å². The van der Waals surface area contributed by atoms with Crippen LogP contribution in [0.4, 0.5) is 4.79 Å². The molecule has 0 aromatic heterocycles. The largest absolute Gasteiger partial charge is 0.444 e. The van der Waals surface area contributed by atoms with Gasteiger partial charge in [-0.25, -0.2) is 4.79 Å². The van der Waals surface area contributed by atoms with Gasteiger partial charge in [0.2, 0.25) is 0 Å². The molecular formula is C9H17NO2. The van der Waals surface area contributed by atoms with Gasteiger partial charge in [0.05, 0.1) is 0 Å². The van der Waals surface area contributed by atoms with Crippen molar-refractivity contribution in [1.29, 1.82) is 0 Å². The fraction of sp³-hybridized carbons (Fsp3) is 0.889. The van der Waals surface area contributed by atoms with Crippen molar-refractivity contribution in [2.75, 3.05) is 6.98 Å². The van der Waals surface area contributed by atoms with E-state index < -0.39 is 18.7 Å². The summed E-state index contributed by atoms with van der Waals surface area (Å²) >= 11 is 0. The average molecular weight is 174 g/mol. The van der Waals surface area contributed by atoms with Crippen molar-refractivity contribution < 1.29 is 13.6 Å². The fourth-order valence-corrected chi connectivity index (χ4v) is 0.793. The number of carbonyl (C=O) groups is 1. The zero-order chi connectivity index (χ0) is 11.9. The van der Waals surface area contributed by atoms with Crippen molar-refractivity contribution in [2.24, 2.45) is 0 Å². The van der Waals surface area contributed by atoms with Crippen LogP contribution in [0.15, 0.2) is 0 Å². The number of nitrogens with zero attached hydrogens (tertiary/aromatic N) is 1. The molecule has 0 heterocycles. The average Bonchev–Trinajstić information content (AvgIpc) is 2.62. The van der Waals surface area contributed by atoms with Crippen LogP contribution in [-0.4, -0.2) is 29.6 Å². The number of carbonyl (C=O) groups excluding carboxylic acids is 1. The maximum Gasteiger partial charge on any atom is 0.410 e. The second-order valence-electron chi connectivity index (χ2n) is 4.08. The zero-order valence-electron chi connectivity index (χ0n) is 10.8. The summed E-state index contributed by atoms with van der Waals surface area (Å²) in [6, 6.07) is -0.174. The molecule has 1 rings (SSSR count). The number of rotatable bonds is 1. The molecule has 12 heavy (non-hydrogen) atoms. The lowest BCUT2D eigenvalue weighted by Gasteiger charge is -2.24. The molecule has 1 amide bonds. The molecule has 0 radical (unpaired) electrons. The maximum absolute atomic E-state index is 11.6. The summed E-state index contributed by atoms with van der Waals surface area (Å²) < 4.78 is 26.8. The van der Waals surface area contributed by atoms with Crippen molar-refractivity contribution in [3.63, 3.8) is 0 Å². The first kappa shape index (κ1) is 5.84. The molecule has 0 aromatic rings. The second-order valence-corrected chi connectivity index (χ2v) is 4.08. The van der Waals surface area contributed by atoms with E-state index in [2.05, 4.69) is 0 Å². The van der Waals surface area contributed by atoms with Gasteiger partial charge in [0.1, 0.15) is 5.60 Å². The van der Waals surface area contributed by atoms with Crippen LogP contribution in [0.25, 0.3) is 0 Å². The summed E-state index contributed by atoms with van der Waals surface area (Å²) in [5.41, 5.74) is -0.657. The molecule has 0 atom stereocenters. The lowest BCUT2D eigenvalue weighted by atomic mass is 10.2. The molecule has 0 saturated heterocycles. The molecule has 0 aromatic carbocycles. The van der Waals surface area contributed by atoms with Crippen LogP contribution in [0.2, 0.25) is 0 Å². The number of hydrogen-bond acceptors (Lipinski definition) is 2. The van der Waals surface area contributed by atoms with Crippen LogP contribution >= 0.6 is 0 Å². The molecule has 1 fully saturated rings. The van der Waals surface area contributed by atoms with E-state index in [1.165, 1.54) is 0 Å². The second kappa shape index (κ2) is 2.96. The van der Waals surface area contributed by atoms with Crippen molar-refractivity contribution in [2.45, 2.75) is 45.3 Å². The quantitative estimate of drug-likeness (QED) is 0.608. The fourth-order valence-electron chi connectivity index (χ4n) is 0.793. The van der Waals surface area contributed by atoms with E-state index in [1.807, 2.05) is 0 Å². The molecular weight excluding hydrogens is 154 g/mol. The summed E-state index contributed by atoms with van der Waals surface area (Å²) in [6.07, 6.45) is 0.750. The Kier molecular flexibility index (Phi) is 1.44. The van der Waals surface area contributed by atoms with Gasteiger partial charge in [-0.15, -0.1) is 0 Å². The predicted molar refractivity (Wildman–Crippen MR) is 47.0 cm³/mol. The molecule has 0 spiro atoms. The van der Waals surface area contributed by atoms with Gasteiger partial charge in [-0.1, -0.05) is 0 Å². The van der Waals surface area contributed by atoms with Gasteiger partial charge in [-0.05, 0) is 33.6 Å². The standard InChI is InChI=1S/C9H17NO2/c1-9(2,3)12-8(11)10(4)7-5-6-7/h7H,5-6H2,1-4H3/i4D3. The van der Waals surface area contributed by atoms with Crippen molar-refractivity contribution in [3.05, 3.63) is 0 Å². The Hall–Kier alpha value is -0.730. The van der Waals surface area contributed by atoms with E-state index in [-0.39, 0.29) is 6.04 Å². The van der Waals surface area contributed by atoms with Crippen molar-refractivity contribution >= 4 is 6.09 Å². The maximum atomic E-state index is 11.6. The van der Waals surface area contributed by atoms with Gasteiger partial charge in [-0.2, -0.15) is 0 Å². The van der Waals surface area contributed by atoms with Crippen LogP contribution in [-0.2, 0) is 4.74 Å². The minimum absolute atomic E-state index is 0.174. The summed E-state index contributed by atoms with van der Waals surface area (Å²) in [4.78, 5) is 12.5. The van der Waals surface area contributed by atoms with Crippen LogP contribution in [0.3, 0.4) is 0 Å².